The van der Waals surface area contributed by atoms with Crippen LogP contribution in [-0.2, 0) is 4.79 Å². The van der Waals surface area contributed by atoms with Crippen LogP contribution in [0.2, 0.25) is 0 Å². The number of carbonyl (C=O) groups excluding carboxylic acids is 2. The summed E-state index contributed by atoms with van der Waals surface area (Å²) in [4.78, 5) is 23.5. The van der Waals surface area contributed by atoms with Crippen molar-refractivity contribution < 1.29 is 23.5 Å². The number of amides is 1. The number of hydrogen-bond donors (Lipinski definition) is 1. The van der Waals surface area contributed by atoms with Crippen molar-refractivity contribution in [2.75, 3.05) is 6.61 Å². The molecule has 0 saturated carbocycles. The minimum atomic E-state index is -0.577. The Bertz CT molecular complexity index is 945. The molecule has 0 atom stereocenters. The van der Waals surface area contributed by atoms with Crippen LogP contribution >= 0.6 is 0 Å². The second-order valence-corrected chi connectivity index (χ2v) is 5.83. The molecule has 0 aliphatic heterocycles. The van der Waals surface area contributed by atoms with Crippen LogP contribution in [0.5, 0.6) is 11.5 Å². The maximum Gasteiger partial charge on any atom is 0.379 e. The summed E-state index contributed by atoms with van der Waals surface area (Å²) < 4.78 is 15.5. The minimum Gasteiger partial charge on any atom is -0.484 e. The van der Waals surface area contributed by atoms with Crippen molar-refractivity contribution in [1.82, 2.24) is 5.43 Å². The van der Waals surface area contributed by atoms with Crippen LogP contribution in [0.1, 0.15) is 21.7 Å². The molecule has 3 aromatic rings. The van der Waals surface area contributed by atoms with E-state index in [2.05, 4.69) is 10.5 Å². The number of hydrogen-bond acceptors (Lipinski definition) is 6. The monoisotopic (exact) mass is 378 g/mol. The van der Waals surface area contributed by atoms with Gasteiger partial charge in [0.25, 0.3) is 5.91 Å². The van der Waals surface area contributed by atoms with Gasteiger partial charge in [-0.3, -0.25) is 4.79 Å². The second-order valence-electron chi connectivity index (χ2n) is 5.83. The van der Waals surface area contributed by atoms with E-state index in [9.17, 15) is 9.59 Å². The van der Waals surface area contributed by atoms with Gasteiger partial charge in [-0.05, 0) is 61.0 Å². The molecule has 7 nitrogen and oxygen atoms in total. The number of furan rings is 1. The van der Waals surface area contributed by atoms with E-state index in [0.29, 0.717) is 11.5 Å². The average Bonchev–Trinajstić information content (AvgIpc) is 3.24. The fourth-order valence-corrected chi connectivity index (χ4v) is 2.17. The zero-order valence-corrected chi connectivity index (χ0v) is 15.1. The van der Waals surface area contributed by atoms with Gasteiger partial charge >= 0.3 is 5.97 Å². The van der Waals surface area contributed by atoms with Crippen molar-refractivity contribution >= 4 is 18.1 Å². The Hall–Kier alpha value is -3.87. The molecule has 0 aliphatic rings. The van der Waals surface area contributed by atoms with Gasteiger partial charge in [-0.2, -0.15) is 5.10 Å². The molecule has 3 rings (SSSR count). The van der Waals surface area contributed by atoms with Crippen LogP contribution in [0.15, 0.2) is 76.4 Å². The first-order valence-electron chi connectivity index (χ1n) is 8.47. The van der Waals surface area contributed by atoms with Crippen molar-refractivity contribution in [3.8, 4) is 11.5 Å². The lowest BCUT2D eigenvalue weighted by Crippen LogP contribution is -2.24. The third-order valence-corrected chi connectivity index (χ3v) is 3.61. The number of aryl methyl sites for hydroxylation is 1. The van der Waals surface area contributed by atoms with Gasteiger partial charge in [-0.15, -0.1) is 0 Å². The summed E-state index contributed by atoms with van der Waals surface area (Å²) >= 11 is 0. The zero-order chi connectivity index (χ0) is 19.8. The van der Waals surface area contributed by atoms with Crippen molar-refractivity contribution in [2.45, 2.75) is 6.92 Å². The van der Waals surface area contributed by atoms with Crippen molar-refractivity contribution in [2.24, 2.45) is 5.10 Å². The lowest BCUT2D eigenvalue weighted by atomic mass is 10.2. The maximum atomic E-state index is 11.8. The van der Waals surface area contributed by atoms with Crippen LogP contribution in [0, 0.1) is 6.92 Å². The van der Waals surface area contributed by atoms with E-state index in [-0.39, 0.29) is 18.3 Å². The van der Waals surface area contributed by atoms with Crippen molar-refractivity contribution in [3.63, 3.8) is 0 Å². The van der Waals surface area contributed by atoms with E-state index in [4.69, 9.17) is 13.9 Å². The van der Waals surface area contributed by atoms with Crippen LogP contribution < -0.4 is 14.9 Å². The normalized spacial score (nSPS) is 10.6. The molecule has 1 N–H and O–H groups in total. The zero-order valence-electron chi connectivity index (χ0n) is 15.1. The van der Waals surface area contributed by atoms with E-state index in [1.165, 1.54) is 18.5 Å². The molecule has 28 heavy (non-hydrogen) atoms. The standard InChI is InChI=1S/C21H18N2O5/c1-15-4-8-17(9-5-15)27-14-20(24)23-22-13-16-6-10-18(11-7-16)28-21(25)19-3-2-12-26-19/h2-13H,14H2,1H3,(H,23,24)/b22-13-. The van der Waals surface area contributed by atoms with Gasteiger partial charge in [0.1, 0.15) is 11.5 Å². The highest BCUT2D eigenvalue weighted by Crippen LogP contribution is 2.14. The van der Waals surface area contributed by atoms with E-state index in [1.54, 1.807) is 42.5 Å². The van der Waals surface area contributed by atoms with Crippen LogP contribution in [0.4, 0.5) is 0 Å². The summed E-state index contributed by atoms with van der Waals surface area (Å²) in [7, 11) is 0. The Labute approximate surface area is 161 Å². The van der Waals surface area contributed by atoms with Gasteiger partial charge in [-0.25, -0.2) is 10.2 Å². The number of esters is 1. The molecule has 0 saturated heterocycles. The predicted octanol–water partition coefficient (Wildman–Crippen LogP) is 3.34. The van der Waals surface area contributed by atoms with Gasteiger partial charge in [-0.1, -0.05) is 17.7 Å². The molecule has 0 radical (unpaired) electrons. The fourth-order valence-electron chi connectivity index (χ4n) is 2.17. The summed E-state index contributed by atoms with van der Waals surface area (Å²) in [6, 6.07) is 17.2. The van der Waals surface area contributed by atoms with Gasteiger partial charge in [0, 0.05) is 0 Å². The molecule has 7 heteroatoms. The molecule has 0 unspecified atom stereocenters. The lowest BCUT2D eigenvalue weighted by molar-refractivity contribution is -0.123. The SMILES string of the molecule is Cc1ccc(OCC(=O)N/N=C\c2ccc(OC(=O)c3ccco3)cc2)cc1. The van der Waals surface area contributed by atoms with Gasteiger partial charge in [0.05, 0.1) is 12.5 Å². The molecular weight excluding hydrogens is 360 g/mol. The number of nitrogens with one attached hydrogen (secondary N) is 1. The Morgan fingerprint density at radius 1 is 1.04 bits per heavy atom. The Kier molecular flexibility index (Phi) is 6.20. The Balaban J connectivity index is 1.44. The molecule has 0 spiro atoms. The number of benzene rings is 2. The quantitative estimate of drug-likeness (QED) is 0.295. The van der Waals surface area contributed by atoms with Crippen LogP contribution in [0.3, 0.4) is 0 Å². The third-order valence-electron chi connectivity index (χ3n) is 3.61. The molecule has 0 aliphatic carbocycles. The molecule has 1 amide bonds. The first kappa shape index (κ1) is 18.9. The van der Waals surface area contributed by atoms with Crippen molar-refractivity contribution in [1.29, 1.82) is 0 Å². The van der Waals surface area contributed by atoms with Crippen molar-refractivity contribution in [3.05, 3.63) is 83.8 Å². The third kappa shape index (κ3) is 5.57. The number of rotatable bonds is 7. The van der Waals surface area contributed by atoms with Gasteiger partial charge in [0.15, 0.2) is 6.61 Å². The Morgan fingerprint density at radius 3 is 2.43 bits per heavy atom. The van der Waals surface area contributed by atoms with E-state index < -0.39 is 5.97 Å². The summed E-state index contributed by atoms with van der Waals surface area (Å²) in [6.07, 6.45) is 2.87. The lowest BCUT2D eigenvalue weighted by Gasteiger charge is -2.05. The first-order chi connectivity index (χ1) is 13.6. The second kappa shape index (κ2) is 9.18. The topological polar surface area (TPSA) is 90.1 Å². The fraction of sp³-hybridized carbons (Fsp3) is 0.0952. The summed E-state index contributed by atoms with van der Waals surface area (Å²) in [5.74, 6) is 0.160. The average molecular weight is 378 g/mol. The number of hydrazone groups is 1. The highest BCUT2D eigenvalue weighted by molar-refractivity contribution is 5.88. The molecule has 1 heterocycles. The summed E-state index contributed by atoms with van der Waals surface area (Å²) in [5, 5.41) is 3.87. The number of ether oxygens (including phenoxy) is 2. The Morgan fingerprint density at radius 2 is 1.75 bits per heavy atom. The highest BCUT2D eigenvalue weighted by atomic mass is 16.5. The summed E-state index contributed by atoms with van der Waals surface area (Å²) in [6.45, 7) is 1.84. The van der Waals surface area contributed by atoms with Crippen LogP contribution in [0.25, 0.3) is 0 Å². The number of nitrogens with zero attached hydrogens (tertiary/aromatic N) is 1. The largest absolute Gasteiger partial charge is 0.484 e. The summed E-state index contributed by atoms with van der Waals surface area (Å²) in [5.41, 5.74) is 4.22. The molecule has 1 aromatic heterocycles. The highest BCUT2D eigenvalue weighted by Gasteiger charge is 2.10. The van der Waals surface area contributed by atoms with E-state index >= 15 is 0 Å². The molecule has 0 bridgehead atoms. The molecule has 0 fully saturated rings. The van der Waals surface area contributed by atoms with Crippen LogP contribution in [-0.4, -0.2) is 24.7 Å². The van der Waals surface area contributed by atoms with E-state index in [1.807, 2.05) is 19.1 Å². The molecule has 2 aromatic carbocycles. The predicted molar refractivity (Wildman–Crippen MR) is 103 cm³/mol. The maximum absolute atomic E-state index is 11.8. The van der Waals surface area contributed by atoms with Gasteiger partial charge < -0.3 is 13.9 Å². The number of carbonyl (C=O) groups is 2. The molecular formula is C21H18N2O5. The molecule has 142 valence electrons. The minimum absolute atomic E-state index is 0.126. The van der Waals surface area contributed by atoms with Gasteiger partial charge in [0.2, 0.25) is 5.76 Å². The first-order valence-corrected chi connectivity index (χ1v) is 8.47. The van der Waals surface area contributed by atoms with E-state index in [0.717, 1.165) is 11.1 Å². The smallest absolute Gasteiger partial charge is 0.379 e.